The first-order chi connectivity index (χ1) is 14.9. The lowest BCUT2D eigenvalue weighted by atomic mass is 10.0. The zero-order chi connectivity index (χ0) is 21.7. The fourth-order valence-corrected chi connectivity index (χ4v) is 7.55. The Bertz CT molecular complexity index is 1410. The third-order valence-corrected chi connectivity index (χ3v) is 9.83. The fourth-order valence-electron chi connectivity index (χ4n) is 3.52. The molecule has 1 atom stereocenters. The minimum atomic E-state index is -0.193. The van der Waals surface area contributed by atoms with Gasteiger partial charge >= 0.3 is 0 Å². The Balaban J connectivity index is 1.74. The van der Waals surface area contributed by atoms with Crippen molar-refractivity contribution in [2.24, 2.45) is 4.99 Å². The lowest BCUT2D eigenvalue weighted by molar-refractivity contribution is 0.644. The Morgan fingerprint density at radius 3 is 2.23 bits per heavy atom. The van der Waals surface area contributed by atoms with Crippen LogP contribution in [0.5, 0.6) is 0 Å². The molecule has 0 radical (unpaired) electrons. The highest BCUT2D eigenvalue weighted by molar-refractivity contribution is 9.10. The molecule has 0 bridgehead atoms. The molecule has 3 aromatic rings. The van der Waals surface area contributed by atoms with E-state index < -0.39 is 0 Å². The first kappa shape index (κ1) is 21.1. The molecule has 7 heteroatoms. The van der Waals surface area contributed by atoms with Crippen LogP contribution in [0.1, 0.15) is 36.6 Å². The van der Waals surface area contributed by atoms with Crippen molar-refractivity contribution in [3.63, 3.8) is 0 Å². The van der Waals surface area contributed by atoms with Crippen LogP contribution in [0.15, 0.2) is 78.7 Å². The molecule has 2 aromatic carbocycles. The molecule has 0 saturated heterocycles. The van der Waals surface area contributed by atoms with Crippen molar-refractivity contribution in [2.75, 3.05) is 0 Å². The summed E-state index contributed by atoms with van der Waals surface area (Å²) in [5.74, 6) is 0. The molecule has 0 spiro atoms. The van der Waals surface area contributed by atoms with Crippen LogP contribution in [-0.4, -0.2) is 4.57 Å². The second-order valence-corrected chi connectivity index (χ2v) is 12.1. The van der Waals surface area contributed by atoms with E-state index in [0.717, 1.165) is 34.9 Å². The Hall–Kier alpha value is -1.80. The average Bonchev–Trinajstić information content (AvgIpc) is 3.27. The lowest BCUT2D eigenvalue weighted by Gasteiger charge is -2.19. The van der Waals surface area contributed by atoms with Gasteiger partial charge in [-0.25, -0.2) is 4.99 Å². The third-order valence-electron chi connectivity index (χ3n) is 5.35. The number of benzene rings is 2. The smallest absolute Gasteiger partial charge is 0.272 e. The Labute approximate surface area is 201 Å². The summed E-state index contributed by atoms with van der Waals surface area (Å²) in [5, 5.41) is 0. The Morgan fingerprint density at radius 1 is 0.935 bits per heavy atom. The number of fused-ring (bicyclic) bond motifs is 1. The highest BCUT2D eigenvalue weighted by atomic mass is 79.9. The SMILES string of the molecule is CC1=C(C)SC(=c2sc3n(c2=O)C(c2ccc(Br)cc2)C=C(c2ccc(C)cc2)N=3)S1. The molecule has 0 amide bonds. The van der Waals surface area contributed by atoms with Gasteiger partial charge in [-0.05, 0) is 54.4 Å². The summed E-state index contributed by atoms with van der Waals surface area (Å²) in [6.45, 7) is 6.30. The zero-order valence-corrected chi connectivity index (χ0v) is 21.2. The van der Waals surface area contributed by atoms with Crippen molar-refractivity contribution < 1.29 is 0 Å². The van der Waals surface area contributed by atoms with Gasteiger partial charge in [0.15, 0.2) is 4.80 Å². The van der Waals surface area contributed by atoms with Gasteiger partial charge in [-0.1, -0.05) is 92.8 Å². The fraction of sp³-hybridized carbons (Fsp3) is 0.167. The molecule has 3 heterocycles. The summed E-state index contributed by atoms with van der Waals surface area (Å²) in [4.78, 5) is 21.8. The quantitative estimate of drug-likeness (QED) is 0.408. The van der Waals surface area contributed by atoms with E-state index in [9.17, 15) is 4.79 Å². The topological polar surface area (TPSA) is 34.4 Å². The van der Waals surface area contributed by atoms with E-state index in [-0.39, 0.29) is 11.6 Å². The van der Waals surface area contributed by atoms with Gasteiger partial charge in [-0.15, -0.1) is 0 Å². The van der Waals surface area contributed by atoms with Gasteiger partial charge < -0.3 is 0 Å². The maximum atomic E-state index is 13.6. The molecule has 31 heavy (non-hydrogen) atoms. The highest BCUT2D eigenvalue weighted by Gasteiger charge is 2.25. The van der Waals surface area contributed by atoms with Gasteiger partial charge in [0.1, 0.15) is 4.53 Å². The molecule has 156 valence electrons. The van der Waals surface area contributed by atoms with Gasteiger partial charge in [0.2, 0.25) is 0 Å². The van der Waals surface area contributed by atoms with Crippen LogP contribution in [0.4, 0.5) is 0 Å². The molecule has 5 rings (SSSR count). The van der Waals surface area contributed by atoms with E-state index in [1.54, 1.807) is 23.5 Å². The van der Waals surface area contributed by atoms with Gasteiger partial charge in [0.05, 0.1) is 16.0 Å². The van der Waals surface area contributed by atoms with Gasteiger partial charge in [-0.3, -0.25) is 9.36 Å². The summed E-state index contributed by atoms with van der Waals surface area (Å²) in [7, 11) is 0. The van der Waals surface area contributed by atoms with Crippen LogP contribution in [0.2, 0.25) is 0 Å². The Morgan fingerprint density at radius 2 is 1.58 bits per heavy atom. The van der Waals surface area contributed by atoms with E-state index in [2.05, 4.69) is 79.2 Å². The minimum Gasteiger partial charge on any atom is -0.272 e. The van der Waals surface area contributed by atoms with Crippen molar-refractivity contribution in [3.05, 3.63) is 105 Å². The number of nitrogens with zero attached hydrogens (tertiary/aromatic N) is 2. The van der Waals surface area contributed by atoms with Crippen molar-refractivity contribution in [1.29, 1.82) is 0 Å². The molecule has 1 aromatic heterocycles. The largest absolute Gasteiger partial charge is 0.272 e. The van der Waals surface area contributed by atoms with E-state index in [1.165, 1.54) is 26.7 Å². The molecule has 0 fully saturated rings. The summed E-state index contributed by atoms with van der Waals surface area (Å²) in [5.41, 5.74) is 4.28. The normalized spacial score (nSPS) is 18.1. The average molecular weight is 528 g/mol. The van der Waals surface area contributed by atoms with Crippen molar-refractivity contribution >= 4 is 60.7 Å². The molecule has 3 nitrogen and oxygen atoms in total. The van der Waals surface area contributed by atoms with Crippen molar-refractivity contribution in [2.45, 2.75) is 26.8 Å². The first-order valence-corrected chi connectivity index (χ1v) is 13.1. The molecule has 0 saturated carbocycles. The summed E-state index contributed by atoms with van der Waals surface area (Å²) < 4.78 is 4.71. The second-order valence-electron chi connectivity index (χ2n) is 7.52. The van der Waals surface area contributed by atoms with E-state index in [0.29, 0.717) is 0 Å². The van der Waals surface area contributed by atoms with Crippen LogP contribution in [0, 0.1) is 6.92 Å². The minimum absolute atomic E-state index is 0.0355. The molecule has 2 aliphatic heterocycles. The van der Waals surface area contributed by atoms with E-state index >= 15 is 0 Å². The highest BCUT2D eigenvalue weighted by Crippen LogP contribution is 2.48. The number of rotatable bonds is 2. The van der Waals surface area contributed by atoms with Crippen molar-refractivity contribution in [1.82, 2.24) is 4.57 Å². The number of thioether (sulfide) groups is 2. The number of hydrogen-bond acceptors (Lipinski definition) is 5. The van der Waals surface area contributed by atoms with Crippen LogP contribution in [0.25, 0.3) is 9.93 Å². The second kappa shape index (κ2) is 8.28. The maximum Gasteiger partial charge on any atom is 0.272 e. The predicted octanol–water partition coefficient (Wildman–Crippen LogP) is 6.04. The molecule has 0 aliphatic carbocycles. The predicted molar refractivity (Wildman–Crippen MR) is 138 cm³/mol. The van der Waals surface area contributed by atoms with Crippen LogP contribution >= 0.6 is 50.8 Å². The van der Waals surface area contributed by atoms with E-state index in [4.69, 9.17) is 4.99 Å². The lowest BCUT2D eigenvalue weighted by Crippen LogP contribution is -2.36. The summed E-state index contributed by atoms with van der Waals surface area (Å²) in [6, 6.07) is 16.4. The molecule has 1 unspecified atom stereocenters. The Kier molecular flexibility index (Phi) is 5.63. The zero-order valence-electron chi connectivity index (χ0n) is 17.2. The van der Waals surface area contributed by atoms with Crippen LogP contribution < -0.4 is 14.9 Å². The van der Waals surface area contributed by atoms with E-state index in [1.807, 2.05) is 16.7 Å². The summed E-state index contributed by atoms with van der Waals surface area (Å²) in [6.07, 6.45) is 2.10. The van der Waals surface area contributed by atoms with Gasteiger partial charge in [0, 0.05) is 10.0 Å². The van der Waals surface area contributed by atoms with Crippen LogP contribution in [-0.2, 0) is 0 Å². The molecule has 0 N–H and O–H groups in total. The summed E-state index contributed by atoms with van der Waals surface area (Å²) >= 11 is 8.40. The number of thiazole rings is 1. The molecule has 2 aliphatic rings. The standard InChI is InChI=1S/C24H19BrN2OS3/c1-13-4-6-16(7-5-13)19-12-20(17-8-10-18(25)11-9-17)27-22(28)21(31-24(27)26-19)23-29-14(2)15(3)30-23/h4-12,20H,1-3H3. The molecular formula is C24H19BrN2OS3. The molecular weight excluding hydrogens is 508 g/mol. The number of aryl methyl sites for hydroxylation is 1. The number of allylic oxidation sites excluding steroid dienone is 3. The number of halogens is 1. The number of aromatic nitrogens is 1. The maximum absolute atomic E-state index is 13.6. The third kappa shape index (κ3) is 3.93. The number of hydrogen-bond donors (Lipinski definition) is 0. The van der Waals surface area contributed by atoms with Crippen LogP contribution in [0.3, 0.4) is 0 Å². The first-order valence-electron chi connectivity index (χ1n) is 9.82. The van der Waals surface area contributed by atoms with Gasteiger partial charge in [0.25, 0.3) is 5.56 Å². The monoisotopic (exact) mass is 526 g/mol. The van der Waals surface area contributed by atoms with Crippen molar-refractivity contribution in [3.8, 4) is 0 Å². The van der Waals surface area contributed by atoms with Gasteiger partial charge in [-0.2, -0.15) is 0 Å².